The van der Waals surface area contributed by atoms with Gasteiger partial charge in [-0.25, -0.2) is 9.78 Å². The highest BCUT2D eigenvalue weighted by atomic mass is 16.5. The molecule has 26 heavy (non-hydrogen) atoms. The van der Waals surface area contributed by atoms with Crippen molar-refractivity contribution in [1.29, 1.82) is 0 Å². The highest BCUT2D eigenvalue weighted by Crippen LogP contribution is 2.39. The molecule has 0 radical (unpaired) electrons. The monoisotopic (exact) mass is 358 g/mol. The number of carbonyl (C=O) groups excluding carboxylic acids is 2. The number of aromatic nitrogens is 2. The zero-order valence-electron chi connectivity index (χ0n) is 15.6. The molecule has 1 fully saturated rings. The topological polar surface area (TPSA) is 76.5 Å². The average molecular weight is 358 g/mol. The number of hydrogen-bond acceptors (Lipinski definition) is 5. The molecule has 1 saturated carbocycles. The minimum atomic E-state index is -0.381. The standard InChI is InChI=1S/C19H26N4O3/c1-22(2)10-4-9-20-18(24)12-17-21-15-11-13(19(25)26-3)5-8-16(15)23(17)14-6-7-14/h5,8,11,14H,4,6-7,9-10,12H2,1-3H3,(H,20,24). The van der Waals surface area contributed by atoms with E-state index in [1.54, 1.807) is 12.1 Å². The van der Waals surface area contributed by atoms with Crippen LogP contribution in [0.1, 0.15) is 41.5 Å². The summed E-state index contributed by atoms with van der Waals surface area (Å²) in [7, 11) is 5.40. The van der Waals surface area contributed by atoms with Crippen LogP contribution < -0.4 is 5.32 Å². The van der Waals surface area contributed by atoms with Crippen LogP contribution in [-0.2, 0) is 16.0 Å². The van der Waals surface area contributed by atoms with Crippen molar-refractivity contribution >= 4 is 22.9 Å². The van der Waals surface area contributed by atoms with Crippen molar-refractivity contribution in [2.45, 2.75) is 31.7 Å². The SMILES string of the molecule is COC(=O)c1ccc2c(c1)nc(CC(=O)NCCCN(C)C)n2C1CC1. The zero-order valence-corrected chi connectivity index (χ0v) is 15.6. The molecule has 1 aliphatic rings. The second-order valence-electron chi connectivity index (χ2n) is 7.01. The lowest BCUT2D eigenvalue weighted by molar-refractivity contribution is -0.120. The predicted octanol–water partition coefficient (Wildman–Crippen LogP) is 1.77. The minimum absolute atomic E-state index is 0.0193. The number of nitrogens with zero attached hydrogens (tertiary/aromatic N) is 3. The van der Waals surface area contributed by atoms with Crippen LogP contribution in [0.2, 0.25) is 0 Å². The van der Waals surface area contributed by atoms with Gasteiger partial charge in [-0.3, -0.25) is 4.79 Å². The second kappa shape index (κ2) is 7.86. The molecule has 0 bridgehead atoms. The Morgan fingerprint density at radius 1 is 1.35 bits per heavy atom. The summed E-state index contributed by atoms with van der Waals surface area (Å²) in [4.78, 5) is 30.8. The molecule has 140 valence electrons. The predicted molar refractivity (Wildman–Crippen MR) is 99.2 cm³/mol. The van der Waals surface area contributed by atoms with Gasteiger partial charge in [-0.2, -0.15) is 0 Å². The van der Waals surface area contributed by atoms with E-state index in [9.17, 15) is 9.59 Å². The molecule has 0 saturated heterocycles. The third kappa shape index (κ3) is 4.22. The van der Waals surface area contributed by atoms with Gasteiger partial charge < -0.3 is 19.5 Å². The molecule has 1 amide bonds. The van der Waals surface area contributed by atoms with Crippen LogP contribution in [0.4, 0.5) is 0 Å². The van der Waals surface area contributed by atoms with Gasteiger partial charge >= 0.3 is 5.97 Å². The van der Waals surface area contributed by atoms with Gasteiger partial charge in [0, 0.05) is 12.6 Å². The summed E-state index contributed by atoms with van der Waals surface area (Å²) in [5.41, 5.74) is 2.17. The Balaban J connectivity index is 1.75. The van der Waals surface area contributed by atoms with E-state index in [-0.39, 0.29) is 18.3 Å². The van der Waals surface area contributed by atoms with Crippen LogP contribution in [0.25, 0.3) is 11.0 Å². The number of ether oxygens (including phenoxy) is 1. The largest absolute Gasteiger partial charge is 0.465 e. The average Bonchev–Trinajstić information content (AvgIpc) is 3.38. The number of hydrogen-bond donors (Lipinski definition) is 1. The summed E-state index contributed by atoms with van der Waals surface area (Å²) in [6, 6.07) is 5.78. The number of amides is 1. The first-order valence-corrected chi connectivity index (χ1v) is 9.00. The first-order valence-electron chi connectivity index (χ1n) is 9.00. The number of rotatable bonds is 8. The third-order valence-electron chi connectivity index (χ3n) is 4.52. The van der Waals surface area contributed by atoms with Crippen molar-refractivity contribution in [3.8, 4) is 0 Å². The molecule has 1 N–H and O–H groups in total. The van der Waals surface area contributed by atoms with Crippen molar-refractivity contribution in [2.24, 2.45) is 0 Å². The van der Waals surface area contributed by atoms with Gasteiger partial charge in [0.25, 0.3) is 0 Å². The lowest BCUT2D eigenvalue weighted by Crippen LogP contribution is -2.29. The van der Waals surface area contributed by atoms with Gasteiger partial charge in [-0.1, -0.05) is 0 Å². The Labute approximate surface area is 153 Å². The Morgan fingerprint density at radius 3 is 2.77 bits per heavy atom. The Bertz CT molecular complexity index is 808. The molecule has 0 aliphatic heterocycles. The van der Waals surface area contributed by atoms with E-state index in [0.29, 0.717) is 18.2 Å². The molecular formula is C19H26N4O3. The van der Waals surface area contributed by atoms with Gasteiger partial charge in [-0.15, -0.1) is 0 Å². The fraction of sp³-hybridized carbons (Fsp3) is 0.526. The molecule has 1 aliphatic carbocycles. The van der Waals surface area contributed by atoms with Crippen LogP contribution in [-0.4, -0.2) is 60.6 Å². The Kier molecular flexibility index (Phi) is 5.56. The summed E-state index contributed by atoms with van der Waals surface area (Å²) in [6.45, 7) is 1.60. The molecule has 7 heteroatoms. The first-order chi connectivity index (χ1) is 12.5. The lowest BCUT2D eigenvalue weighted by atomic mass is 10.2. The lowest BCUT2D eigenvalue weighted by Gasteiger charge is -2.10. The van der Waals surface area contributed by atoms with Crippen LogP contribution in [0.3, 0.4) is 0 Å². The fourth-order valence-electron chi connectivity index (χ4n) is 3.09. The quantitative estimate of drug-likeness (QED) is 0.575. The Hall–Kier alpha value is -2.41. The van der Waals surface area contributed by atoms with Gasteiger partial charge in [0.1, 0.15) is 5.82 Å². The maximum atomic E-state index is 12.3. The number of fused-ring (bicyclic) bond motifs is 1. The fourth-order valence-corrected chi connectivity index (χ4v) is 3.09. The van der Waals surface area contributed by atoms with E-state index in [4.69, 9.17) is 4.74 Å². The van der Waals surface area contributed by atoms with Crippen molar-refractivity contribution in [2.75, 3.05) is 34.3 Å². The van der Waals surface area contributed by atoms with Gasteiger partial charge in [0.15, 0.2) is 0 Å². The number of esters is 1. The van der Waals surface area contributed by atoms with Crippen LogP contribution in [0.15, 0.2) is 18.2 Å². The van der Waals surface area contributed by atoms with Gasteiger partial charge in [-0.05, 0) is 58.1 Å². The van der Waals surface area contributed by atoms with E-state index in [1.807, 2.05) is 20.2 Å². The molecule has 1 aromatic carbocycles. The van der Waals surface area contributed by atoms with E-state index in [1.165, 1.54) is 7.11 Å². The summed E-state index contributed by atoms with van der Waals surface area (Å²) in [5.74, 6) is 0.358. The van der Waals surface area contributed by atoms with E-state index in [2.05, 4.69) is 19.8 Å². The van der Waals surface area contributed by atoms with Crippen LogP contribution >= 0.6 is 0 Å². The first kappa shape index (κ1) is 18.4. The molecule has 0 unspecified atom stereocenters. The Morgan fingerprint density at radius 2 is 2.12 bits per heavy atom. The maximum absolute atomic E-state index is 12.3. The van der Waals surface area contributed by atoms with Gasteiger partial charge in [0.2, 0.25) is 5.91 Å². The van der Waals surface area contributed by atoms with Crippen molar-refractivity contribution in [3.63, 3.8) is 0 Å². The minimum Gasteiger partial charge on any atom is -0.465 e. The van der Waals surface area contributed by atoms with Crippen molar-refractivity contribution in [3.05, 3.63) is 29.6 Å². The summed E-state index contributed by atoms with van der Waals surface area (Å²) in [5, 5.41) is 2.96. The summed E-state index contributed by atoms with van der Waals surface area (Å²) < 4.78 is 6.93. The maximum Gasteiger partial charge on any atom is 0.337 e. The zero-order chi connectivity index (χ0) is 18.7. The molecule has 0 atom stereocenters. The highest BCUT2D eigenvalue weighted by molar-refractivity contribution is 5.94. The molecule has 2 aromatic rings. The summed E-state index contributed by atoms with van der Waals surface area (Å²) >= 11 is 0. The van der Waals surface area contributed by atoms with Crippen LogP contribution in [0, 0.1) is 0 Å². The van der Waals surface area contributed by atoms with Crippen LogP contribution in [0.5, 0.6) is 0 Å². The molecule has 7 nitrogen and oxygen atoms in total. The third-order valence-corrected chi connectivity index (χ3v) is 4.52. The van der Waals surface area contributed by atoms with E-state index in [0.717, 1.165) is 42.7 Å². The smallest absolute Gasteiger partial charge is 0.337 e. The van der Waals surface area contributed by atoms with Crippen molar-refractivity contribution < 1.29 is 14.3 Å². The van der Waals surface area contributed by atoms with E-state index < -0.39 is 0 Å². The number of imidazole rings is 1. The molecular weight excluding hydrogens is 332 g/mol. The highest BCUT2D eigenvalue weighted by Gasteiger charge is 2.29. The molecule has 3 rings (SSSR count). The molecule has 0 spiro atoms. The molecule has 1 heterocycles. The molecule has 1 aromatic heterocycles. The van der Waals surface area contributed by atoms with E-state index >= 15 is 0 Å². The normalized spacial score (nSPS) is 14.0. The second-order valence-corrected chi connectivity index (χ2v) is 7.01. The number of nitrogens with one attached hydrogen (secondary N) is 1. The van der Waals surface area contributed by atoms with Crippen molar-refractivity contribution in [1.82, 2.24) is 19.8 Å². The number of benzene rings is 1. The number of carbonyl (C=O) groups is 2. The number of methoxy groups -OCH3 is 1. The summed E-state index contributed by atoms with van der Waals surface area (Å²) in [6.07, 6.45) is 3.37. The van der Waals surface area contributed by atoms with Gasteiger partial charge in [0.05, 0.1) is 30.1 Å².